The summed E-state index contributed by atoms with van der Waals surface area (Å²) in [4.78, 5) is 57.3. The maximum atomic E-state index is 13.2. The molecule has 4 amide bonds. The molecule has 0 aromatic heterocycles. The summed E-state index contributed by atoms with van der Waals surface area (Å²) in [6.07, 6.45) is 3.92. The van der Waals surface area contributed by atoms with Crippen molar-refractivity contribution in [2.75, 3.05) is 39.6 Å². The number of primary amides is 1. The molecule has 1 aromatic rings. The quantitative estimate of drug-likeness (QED) is 0.0650. The van der Waals surface area contributed by atoms with E-state index in [1.165, 1.54) is 16.7 Å². The van der Waals surface area contributed by atoms with E-state index >= 15 is 0 Å². The highest BCUT2D eigenvalue weighted by Crippen LogP contribution is 2.46. The van der Waals surface area contributed by atoms with Gasteiger partial charge in [0.15, 0.2) is 0 Å². The number of nitrogens with two attached hydrogens (primary N) is 1. The Hall–Kier alpha value is -3.99. The third-order valence-electron chi connectivity index (χ3n) is 9.16. The summed E-state index contributed by atoms with van der Waals surface area (Å²) in [6.45, 7) is 16.3. The summed E-state index contributed by atoms with van der Waals surface area (Å²) in [7, 11) is 6.58. The molecule has 2 fully saturated rings. The predicted molar refractivity (Wildman–Crippen MR) is 211 cm³/mol. The number of benzene rings is 1. The summed E-state index contributed by atoms with van der Waals surface area (Å²) >= 11 is 0. The number of nitrogens with one attached hydrogen (secondary N) is 4. The van der Waals surface area contributed by atoms with Gasteiger partial charge in [-0.25, -0.2) is 0 Å². The van der Waals surface area contributed by atoms with Gasteiger partial charge in [0.1, 0.15) is 42.2 Å². The standard InChI is InChI=1S/C37H55ClN8O7S/c1-24(39)46(25(2)54-38)33(40)28(42-6)22-30(47)44-37(15-16-37)26-11-13-27(14-12-26)53-21-9-19-51-18-8-20-52-23-31(48)43-32(36(3,4)5)35(50)45-17-7-10-29(45)34(41)49/h11-14,28-29,32,39-40H,2,6-10,15-23H2,1,3-5H3,(H2,41,49)(H,43,48)(H,44,47)/t28-,29-,32+/m0/s1. The maximum absolute atomic E-state index is 13.2. The zero-order valence-corrected chi connectivity index (χ0v) is 33.3. The molecule has 1 heterocycles. The third kappa shape index (κ3) is 12.8. The minimum absolute atomic E-state index is 0.0330. The van der Waals surface area contributed by atoms with E-state index in [0.717, 1.165) is 29.4 Å². The van der Waals surface area contributed by atoms with E-state index in [4.69, 9.17) is 41.4 Å². The van der Waals surface area contributed by atoms with Gasteiger partial charge in [0.2, 0.25) is 23.6 Å². The first-order valence-electron chi connectivity index (χ1n) is 18.0. The van der Waals surface area contributed by atoms with Crippen molar-refractivity contribution in [3.8, 4) is 5.75 Å². The SMILES string of the molecule is C=N[C@@H](CC(=O)NC1(c2ccc(OCCCOCCCOCC(=O)N[C@H](C(=O)N3CCC[C@H]3C(N)=O)C(C)(C)C)cc2)CC1)C(=N)N(C(=C)SCl)C(C)=N. The molecule has 1 aliphatic carbocycles. The Morgan fingerprint density at radius 1 is 1.09 bits per heavy atom. The zero-order valence-electron chi connectivity index (χ0n) is 31.7. The highest BCUT2D eigenvalue weighted by Gasteiger charge is 2.46. The molecule has 1 aliphatic heterocycles. The van der Waals surface area contributed by atoms with Crippen LogP contribution >= 0.6 is 21.7 Å². The van der Waals surface area contributed by atoms with Crippen LogP contribution in [0.5, 0.6) is 5.75 Å². The number of amides is 4. The number of nitrogens with zero attached hydrogens (tertiary/aromatic N) is 3. The van der Waals surface area contributed by atoms with Gasteiger partial charge in [-0.05, 0) is 90.5 Å². The van der Waals surface area contributed by atoms with Gasteiger partial charge >= 0.3 is 0 Å². The number of likely N-dealkylation sites (tertiary alicyclic amines) is 1. The van der Waals surface area contributed by atoms with Gasteiger partial charge in [-0.15, -0.1) is 0 Å². The fourth-order valence-corrected chi connectivity index (χ4v) is 6.64. The van der Waals surface area contributed by atoms with Gasteiger partial charge in [0.25, 0.3) is 0 Å². The molecule has 1 aromatic carbocycles. The second-order valence-electron chi connectivity index (χ2n) is 14.5. The molecule has 0 unspecified atom stereocenters. The first-order chi connectivity index (χ1) is 25.5. The molecule has 15 nitrogen and oxygen atoms in total. The van der Waals surface area contributed by atoms with Crippen molar-refractivity contribution in [1.82, 2.24) is 20.4 Å². The van der Waals surface area contributed by atoms with Crippen molar-refractivity contribution < 1.29 is 33.4 Å². The van der Waals surface area contributed by atoms with Crippen molar-refractivity contribution in [3.63, 3.8) is 0 Å². The van der Waals surface area contributed by atoms with E-state index < -0.39 is 40.9 Å². The lowest BCUT2D eigenvalue weighted by molar-refractivity contribution is -0.143. The van der Waals surface area contributed by atoms with Crippen LogP contribution in [0.25, 0.3) is 0 Å². The smallest absolute Gasteiger partial charge is 0.246 e. The van der Waals surface area contributed by atoms with Gasteiger partial charge in [-0.3, -0.25) is 39.9 Å². The van der Waals surface area contributed by atoms with Crippen molar-refractivity contribution in [1.29, 1.82) is 10.8 Å². The topological polar surface area (TPSA) is 213 Å². The molecule has 54 heavy (non-hydrogen) atoms. The lowest BCUT2D eigenvalue weighted by Gasteiger charge is -2.35. The van der Waals surface area contributed by atoms with Crippen LogP contribution in [-0.4, -0.2) is 110 Å². The Kier molecular flexibility index (Phi) is 17.0. The number of rotatable bonds is 22. The van der Waals surface area contributed by atoms with Crippen molar-refractivity contribution in [2.24, 2.45) is 16.1 Å². The molecule has 0 bridgehead atoms. The second-order valence-corrected chi connectivity index (χ2v) is 15.6. The summed E-state index contributed by atoms with van der Waals surface area (Å²) in [5.74, 6) is -0.920. The summed E-state index contributed by atoms with van der Waals surface area (Å²) in [6, 6.07) is 5.25. The van der Waals surface area contributed by atoms with E-state index in [9.17, 15) is 19.2 Å². The minimum atomic E-state index is -0.875. The van der Waals surface area contributed by atoms with Gasteiger partial charge < -0.3 is 35.5 Å². The fraction of sp³-hybridized carbons (Fsp3) is 0.595. The van der Waals surface area contributed by atoms with Crippen LogP contribution in [0.2, 0.25) is 0 Å². The second kappa shape index (κ2) is 20.6. The molecule has 6 N–H and O–H groups in total. The van der Waals surface area contributed by atoms with Crippen LogP contribution in [0.4, 0.5) is 0 Å². The van der Waals surface area contributed by atoms with Crippen molar-refractivity contribution in [3.05, 3.63) is 41.4 Å². The Morgan fingerprint density at radius 3 is 2.28 bits per heavy atom. The average Bonchev–Trinajstić information content (AvgIpc) is 3.71. The van der Waals surface area contributed by atoms with Gasteiger partial charge in [0.05, 0.1) is 23.6 Å². The molecule has 1 saturated heterocycles. The summed E-state index contributed by atoms with van der Waals surface area (Å²) < 4.78 is 17.0. The number of amidine groups is 2. The molecule has 1 saturated carbocycles. The van der Waals surface area contributed by atoms with E-state index in [1.807, 2.05) is 45.0 Å². The van der Waals surface area contributed by atoms with Crippen LogP contribution in [0.3, 0.4) is 0 Å². The fourth-order valence-electron chi connectivity index (χ4n) is 6.13. The van der Waals surface area contributed by atoms with E-state index in [0.29, 0.717) is 64.4 Å². The van der Waals surface area contributed by atoms with Crippen LogP contribution in [0, 0.1) is 16.2 Å². The zero-order chi connectivity index (χ0) is 40.1. The lowest BCUT2D eigenvalue weighted by atomic mass is 9.85. The largest absolute Gasteiger partial charge is 0.494 e. The molecular formula is C37H55ClN8O7S. The van der Waals surface area contributed by atoms with Gasteiger partial charge in [0, 0.05) is 32.8 Å². The van der Waals surface area contributed by atoms with E-state index in [-0.39, 0.29) is 41.5 Å². The van der Waals surface area contributed by atoms with Crippen molar-refractivity contribution in [2.45, 2.75) is 96.3 Å². The molecule has 2 aliphatic rings. The molecule has 17 heteroatoms. The van der Waals surface area contributed by atoms with E-state index in [1.54, 1.807) is 0 Å². The number of carbonyl (C=O) groups is 4. The average molecular weight is 791 g/mol. The lowest BCUT2D eigenvalue weighted by Crippen LogP contribution is -2.57. The van der Waals surface area contributed by atoms with Crippen LogP contribution in [0.1, 0.15) is 78.2 Å². The number of ether oxygens (including phenoxy) is 3. The number of aliphatic imine (C=N–C) groups is 1. The molecule has 0 radical (unpaired) electrons. The number of halogens is 1. The van der Waals surface area contributed by atoms with Crippen LogP contribution < -0.4 is 21.1 Å². The molecule has 3 atom stereocenters. The Bertz CT molecular complexity index is 1530. The molecular weight excluding hydrogens is 736 g/mol. The summed E-state index contributed by atoms with van der Waals surface area (Å²) in [5.41, 5.74) is 5.37. The number of hydrogen-bond acceptors (Lipinski definition) is 11. The van der Waals surface area contributed by atoms with E-state index in [2.05, 4.69) is 28.9 Å². The third-order valence-corrected chi connectivity index (χ3v) is 10.1. The normalized spacial score (nSPS) is 17.1. The maximum Gasteiger partial charge on any atom is 0.246 e. The molecule has 298 valence electrons. The Morgan fingerprint density at radius 2 is 1.72 bits per heavy atom. The van der Waals surface area contributed by atoms with Gasteiger partial charge in [-0.2, -0.15) is 0 Å². The van der Waals surface area contributed by atoms with Crippen LogP contribution in [0.15, 0.2) is 40.9 Å². The Labute approximate surface area is 326 Å². The highest BCUT2D eigenvalue weighted by molar-refractivity contribution is 8.24. The first-order valence-corrected chi connectivity index (χ1v) is 19.6. The molecule has 3 rings (SSSR count). The van der Waals surface area contributed by atoms with Gasteiger partial charge in [-0.1, -0.05) is 39.5 Å². The van der Waals surface area contributed by atoms with Crippen LogP contribution in [-0.2, 0) is 34.2 Å². The number of hydrogen-bond donors (Lipinski definition) is 5. The first kappa shape index (κ1) is 44.4. The van der Waals surface area contributed by atoms with Crippen molar-refractivity contribution >= 4 is 63.7 Å². The molecule has 0 spiro atoms. The number of carbonyl (C=O) groups excluding carboxylic acids is 4. The highest BCUT2D eigenvalue weighted by atomic mass is 35.7. The monoisotopic (exact) mass is 790 g/mol. The predicted octanol–water partition coefficient (Wildman–Crippen LogP) is 4.09. The Balaban J connectivity index is 1.31. The minimum Gasteiger partial charge on any atom is -0.494 e. The summed E-state index contributed by atoms with van der Waals surface area (Å²) in [5, 5.41) is 22.6.